The monoisotopic (exact) mass is 387 g/mol. The number of carboxylic acids is 1. The van der Waals surface area contributed by atoms with Crippen molar-refractivity contribution in [2.75, 3.05) is 0 Å². The molecule has 0 aliphatic rings. The molecular formula is C18H15ClFN5O2. The lowest BCUT2D eigenvalue weighted by atomic mass is 10.0. The molecule has 2 N–H and O–H groups in total. The van der Waals surface area contributed by atoms with Gasteiger partial charge < -0.3 is 14.7 Å². The van der Waals surface area contributed by atoms with E-state index in [0.29, 0.717) is 27.7 Å². The Kier molecular flexibility index (Phi) is 4.07. The van der Waals surface area contributed by atoms with Gasteiger partial charge in [0.1, 0.15) is 11.3 Å². The van der Waals surface area contributed by atoms with Gasteiger partial charge in [-0.2, -0.15) is 0 Å². The van der Waals surface area contributed by atoms with Crippen molar-refractivity contribution in [2.45, 2.75) is 19.9 Å². The summed E-state index contributed by atoms with van der Waals surface area (Å²) in [5.41, 5.74) is 1.64. The van der Waals surface area contributed by atoms with Crippen LogP contribution >= 0.6 is 11.6 Å². The number of H-pyrrole nitrogens is 1. The fourth-order valence-corrected chi connectivity index (χ4v) is 3.20. The predicted octanol–water partition coefficient (Wildman–Crippen LogP) is 4.05. The van der Waals surface area contributed by atoms with Gasteiger partial charge in [0.15, 0.2) is 11.6 Å². The van der Waals surface area contributed by atoms with Crippen LogP contribution in [0.1, 0.15) is 19.9 Å². The van der Waals surface area contributed by atoms with Gasteiger partial charge in [-0.3, -0.25) is 4.79 Å². The highest BCUT2D eigenvalue weighted by Gasteiger charge is 2.24. The SMILES string of the molecule is C[C@H](C(=O)O)[C@H](C)n1cc(F)c2cnc(-c3c[nH]c4ncc(Cl)cc34)nc21. The number of aromatic amines is 1. The molecule has 0 aromatic carbocycles. The Morgan fingerprint density at radius 1 is 1.30 bits per heavy atom. The molecule has 4 heterocycles. The molecule has 2 atom stereocenters. The van der Waals surface area contributed by atoms with E-state index in [-0.39, 0.29) is 5.39 Å². The molecule has 4 aromatic rings. The fraction of sp³-hybridized carbons (Fsp3) is 0.222. The molecule has 0 fully saturated rings. The molecule has 27 heavy (non-hydrogen) atoms. The molecule has 0 bridgehead atoms. The van der Waals surface area contributed by atoms with Crippen molar-refractivity contribution in [3.63, 3.8) is 0 Å². The Bertz CT molecular complexity index is 1190. The van der Waals surface area contributed by atoms with Crippen LogP contribution in [0.3, 0.4) is 0 Å². The van der Waals surface area contributed by atoms with Crippen molar-refractivity contribution in [2.24, 2.45) is 5.92 Å². The first-order valence-corrected chi connectivity index (χ1v) is 8.63. The van der Waals surface area contributed by atoms with Crippen LogP contribution in [0.4, 0.5) is 4.39 Å². The highest BCUT2D eigenvalue weighted by atomic mass is 35.5. The fourth-order valence-electron chi connectivity index (χ4n) is 3.04. The second-order valence-electron chi connectivity index (χ2n) is 6.43. The molecule has 4 rings (SSSR count). The molecule has 0 unspecified atom stereocenters. The van der Waals surface area contributed by atoms with Crippen molar-refractivity contribution in [1.82, 2.24) is 24.5 Å². The smallest absolute Gasteiger partial charge is 0.308 e. The van der Waals surface area contributed by atoms with E-state index in [1.807, 2.05) is 0 Å². The average molecular weight is 388 g/mol. The minimum atomic E-state index is -0.962. The molecule has 0 saturated carbocycles. The van der Waals surface area contributed by atoms with E-state index in [9.17, 15) is 14.3 Å². The number of carbonyl (C=O) groups is 1. The second kappa shape index (κ2) is 6.31. The third kappa shape index (κ3) is 2.82. The maximum absolute atomic E-state index is 14.3. The first-order chi connectivity index (χ1) is 12.9. The van der Waals surface area contributed by atoms with Crippen LogP contribution in [-0.2, 0) is 4.79 Å². The number of hydrogen-bond donors (Lipinski definition) is 2. The summed E-state index contributed by atoms with van der Waals surface area (Å²) in [5.74, 6) is -1.80. The van der Waals surface area contributed by atoms with Gasteiger partial charge in [-0.05, 0) is 19.9 Å². The molecule has 0 saturated heterocycles. The molecule has 0 amide bonds. The first kappa shape index (κ1) is 17.4. The van der Waals surface area contributed by atoms with Crippen LogP contribution < -0.4 is 0 Å². The average Bonchev–Trinajstić information content (AvgIpc) is 3.21. The van der Waals surface area contributed by atoms with E-state index in [1.54, 1.807) is 26.1 Å². The van der Waals surface area contributed by atoms with Gasteiger partial charge in [0.2, 0.25) is 0 Å². The molecule has 0 radical (unpaired) electrons. The van der Waals surface area contributed by atoms with Gasteiger partial charge in [-0.15, -0.1) is 0 Å². The second-order valence-corrected chi connectivity index (χ2v) is 6.87. The van der Waals surface area contributed by atoms with E-state index >= 15 is 0 Å². The van der Waals surface area contributed by atoms with E-state index < -0.39 is 23.7 Å². The molecule has 138 valence electrons. The van der Waals surface area contributed by atoms with E-state index in [0.717, 1.165) is 5.39 Å². The normalized spacial score (nSPS) is 13.9. The number of nitrogens with one attached hydrogen (secondary N) is 1. The number of nitrogens with zero attached hydrogens (tertiary/aromatic N) is 4. The maximum Gasteiger partial charge on any atom is 0.308 e. The standard InChI is InChI=1S/C18H15ClFN5O2/c1-8(18(26)27)9(2)25-7-14(20)13-6-23-16(24-17(13)25)12-5-22-15-11(12)3-10(19)4-21-15/h3-9H,1-2H3,(H,21,22)(H,26,27)/t8-,9-/m0/s1. The lowest BCUT2D eigenvalue weighted by molar-refractivity contribution is -0.142. The Morgan fingerprint density at radius 3 is 2.81 bits per heavy atom. The van der Waals surface area contributed by atoms with Crippen LogP contribution in [0.25, 0.3) is 33.5 Å². The molecule has 0 aliphatic heterocycles. The van der Waals surface area contributed by atoms with Crippen LogP contribution in [0.15, 0.2) is 30.9 Å². The lowest BCUT2D eigenvalue weighted by Crippen LogP contribution is -2.21. The number of fused-ring (bicyclic) bond motifs is 2. The summed E-state index contributed by atoms with van der Waals surface area (Å²) in [4.78, 5) is 27.3. The van der Waals surface area contributed by atoms with Crippen LogP contribution in [0.5, 0.6) is 0 Å². The highest BCUT2D eigenvalue weighted by molar-refractivity contribution is 6.31. The summed E-state index contributed by atoms with van der Waals surface area (Å²) < 4.78 is 15.9. The summed E-state index contributed by atoms with van der Waals surface area (Å²) in [6.07, 6.45) is 5.91. The number of aromatic nitrogens is 5. The van der Waals surface area contributed by atoms with Crippen molar-refractivity contribution >= 4 is 39.6 Å². The zero-order valence-electron chi connectivity index (χ0n) is 14.4. The lowest BCUT2D eigenvalue weighted by Gasteiger charge is -2.18. The Morgan fingerprint density at radius 2 is 2.07 bits per heavy atom. The van der Waals surface area contributed by atoms with Gasteiger partial charge >= 0.3 is 5.97 Å². The number of pyridine rings is 1. The van der Waals surface area contributed by atoms with Gasteiger partial charge in [-0.1, -0.05) is 11.6 Å². The first-order valence-electron chi connectivity index (χ1n) is 8.25. The summed E-state index contributed by atoms with van der Waals surface area (Å²) >= 11 is 6.04. The number of rotatable bonds is 4. The van der Waals surface area contributed by atoms with Crippen molar-refractivity contribution < 1.29 is 14.3 Å². The van der Waals surface area contributed by atoms with Crippen LogP contribution in [0.2, 0.25) is 5.02 Å². The summed E-state index contributed by atoms with van der Waals surface area (Å²) in [5, 5.41) is 10.7. The van der Waals surface area contributed by atoms with E-state index in [2.05, 4.69) is 19.9 Å². The quantitative estimate of drug-likeness (QED) is 0.550. The van der Waals surface area contributed by atoms with Gasteiger partial charge in [0.05, 0.1) is 16.3 Å². The largest absolute Gasteiger partial charge is 0.481 e. The molecule has 0 aliphatic carbocycles. The Labute approximate surface area is 157 Å². The highest BCUT2D eigenvalue weighted by Crippen LogP contribution is 2.30. The number of aliphatic carboxylic acids is 1. The molecule has 0 spiro atoms. The Hall–Kier alpha value is -3.00. The number of hydrogen-bond acceptors (Lipinski definition) is 4. The van der Waals surface area contributed by atoms with Crippen molar-refractivity contribution in [1.29, 1.82) is 0 Å². The van der Waals surface area contributed by atoms with Crippen LogP contribution in [-0.4, -0.2) is 35.6 Å². The zero-order valence-corrected chi connectivity index (χ0v) is 15.2. The number of carboxylic acid groups (broad SMARTS) is 1. The van der Waals surface area contributed by atoms with Crippen LogP contribution in [0, 0.1) is 11.7 Å². The minimum absolute atomic E-state index is 0.235. The molecule has 9 heteroatoms. The summed E-state index contributed by atoms with van der Waals surface area (Å²) in [6.45, 7) is 3.29. The van der Waals surface area contributed by atoms with E-state index in [4.69, 9.17) is 11.6 Å². The van der Waals surface area contributed by atoms with Gasteiger partial charge in [0, 0.05) is 41.8 Å². The summed E-state index contributed by atoms with van der Waals surface area (Å²) in [6, 6.07) is 1.26. The zero-order chi connectivity index (χ0) is 19.3. The molecular weight excluding hydrogens is 373 g/mol. The van der Waals surface area contributed by atoms with E-state index in [1.165, 1.54) is 23.2 Å². The minimum Gasteiger partial charge on any atom is -0.481 e. The van der Waals surface area contributed by atoms with Crippen molar-refractivity contribution in [3.8, 4) is 11.4 Å². The maximum atomic E-state index is 14.3. The molecule has 7 nitrogen and oxygen atoms in total. The molecule has 4 aromatic heterocycles. The Balaban J connectivity index is 1.90. The predicted molar refractivity (Wildman–Crippen MR) is 99.1 cm³/mol. The third-order valence-corrected chi connectivity index (χ3v) is 5.02. The van der Waals surface area contributed by atoms with Gasteiger partial charge in [-0.25, -0.2) is 19.3 Å². The topological polar surface area (TPSA) is 96.7 Å². The summed E-state index contributed by atoms with van der Waals surface area (Å²) in [7, 11) is 0. The third-order valence-electron chi connectivity index (χ3n) is 4.81. The number of halogens is 2. The van der Waals surface area contributed by atoms with Gasteiger partial charge in [0.25, 0.3) is 0 Å². The van der Waals surface area contributed by atoms with Crippen molar-refractivity contribution in [3.05, 3.63) is 41.7 Å².